The zero-order chi connectivity index (χ0) is 22.6. The van der Waals surface area contributed by atoms with Gasteiger partial charge in [-0.3, -0.25) is 9.59 Å². The van der Waals surface area contributed by atoms with Gasteiger partial charge in [-0.15, -0.1) is 0 Å². The highest BCUT2D eigenvalue weighted by Crippen LogP contribution is 2.18. The lowest BCUT2D eigenvalue weighted by Gasteiger charge is -2.18. The molecular formula is C25H22N4O3. The van der Waals surface area contributed by atoms with E-state index in [4.69, 9.17) is 10.00 Å². The van der Waals surface area contributed by atoms with Gasteiger partial charge in [0.05, 0.1) is 18.7 Å². The third-order valence-corrected chi connectivity index (χ3v) is 4.54. The number of benzene rings is 3. The Balaban J connectivity index is 1.66. The van der Waals surface area contributed by atoms with Crippen LogP contribution in [0.15, 0.2) is 90.0 Å². The molecule has 7 heteroatoms. The normalized spacial score (nSPS) is 11.3. The molecule has 160 valence electrons. The Morgan fingerprint density at radius 3 is 2.34 bits per heavy atom. The van der Waals surface area contributed by atoms with Crippen molar-refractivity contribution in [3.05, 3.63) is 102 Å². The minimum Gasteiger partial charge on any atom is -0.478 e. The van der Waals surface area contributed by atoms with E-state index in [-0.39, 0.29) is 24.8 Å². The van der Waals surface area contributed by atoms with Crippen LogP contribution in [0.5, 0.6) is 5.75 Å². The lowest BCUT2D eigenvalue weighted by molar-refractivity contribution is -0.121. The number of rotatable bonds is 9. The zero-order valence-electron chi connectivity index (χ0n) is 17.3. The van der Waals surface area contributed by atoms with Crippen LogP contribution >= 0.6 is 0 Å². The number of hydrogen-bond donors (Lipinski definition) is 2. The molecular weight excluding hydrogens is 404 g/mol. The van der Waals surface area contributed by atoms with Crippen LogP contribution in [-0.4, -0.2) is 24.6 Å². The van der Waals surface area contributed by atoms with Crippen molar-refractivity contribution in [3.63, 3.8) is 0 Å². The highest BCUT2D eigenvalue weighted by atomic mass is 16.5. The summed E-state index contributed by atoms with van der Waals surface area (Å²) in [6, 6.07) is 26.6. The highest BCUT2D eigenvalue weighted by Gasteiger charge is 2.19. The van der Waals surface area contributed by atoms with Crippen molar-refractivity contribution in [2.75, 3.05) is 6.61 Å². The predicted molar refractivity (Wildman–Crippen MR) is 121 cm³/mol. The molecule has 3 aromatic rings. The molecule has 32 heavy (non-hydrogen) atoms. The summed E-state index contributed by atoms with van der Waals surface area (Å²) in [5, 5.41) is 15.6. The fourth-order valence-electron chi connectivity index (χ4n) is 3.00. The van der Waals surface area contributed by atoms with E-state index in [0.717, 1.165) is 5.56 Å². The van der Waals surface area contributed by atoms with Crippen molar-refractivity contribution in [2.45, 2.75) is 12.5 Å². The van der Waals surface area contributed by atoms with Crippen molar-refractivity contribution in [3.8, 4) is 11.8 Å². The van der Waals surface area contributed by atoms with Crippen LogP contribution in [-0.2, 0) is 4.79 Å². The number of carbonyl (C=O) groups excluding carboxylic acids is 2. The standard InChI is InChI=1S/C25H22N4O3/c26-15-16-32-23-14-8-7-13-21(23)18-27-29-24(30)17-22(19-9-3-1-4-10-19)28-25(31)20-11-5-2-6-12-20/h1-14,18,22H,16-17H2,(H,28,31)(H,29,30)/b27-18-/t22-/m1/s1. The van der Waals surface area contributed by atoms with Crippen LogP contribution < -0.4 is 15.5 Å². The molecule has 0 aliphatic carbocycles. The van der Waals surface area contributed by atoms with Crippen molar-refractivity contribution >= 4 is 18.0 Å². The number of nitrogens with one attached hydrogen (secondary N) is 2. The Kier molecular flexibility index (Phi) is 8.11. The van der Waals surface area contributed by atoms with Crippen LogP contribution in [0.3, 0.4) is 0 Å². The first-order valence-electron chi connectivity index (χ1n) is 9.99. The van der Waals surface area contributed by atoms with Crippen LogP contribution in [0.1, 0.15) is 33.9 Å². The molecule has 0 aliphatic rings. The van der Waals surface area contributed by atoms with Crippen molar-refractivity contribution in [1.82, 2.24) is 10.7 Å². The van der Waals surface area contributed by atoms with E-state index in [9.17, 15) is 9.59 Å². The topological polar surface area (TPSA) is 104 Å². The van der Waals surface area contributed by atoms with Gasteiger partial charge >= 0.3 is 0 Å². The fourth-order valence-corrected chi connectivity index (χ4v) is 3.00. The summed E-state index contributed by atoms with van der Waals surface area (Å²) in [4.78, 5) is 25.2. The third kappa shape index (κ3) is 6.54. The Morgan fingerprint density at radius 1 is 0.969 bits per heavy atom. The van der Waals surface area contributed by atoms with Gasteiger partial charge in [-0.1, -0.05) is 60.7 Å². The van der Waals surface area contributed by atoms with E-state index in [2.05, 4.69) is 15.8 Å². The summed E-state index contributed by atoms with van der Waals surface area (Å²) < 4.78 is 5.34. The van der Waals surface area contributed by atoms with E-state index >= 15 is 0 Å². The molecule has 7 nitrogen and oxygen atoms in total. The summed E-state index contributed by atoms with van der Waals surface area (Å²) in [7, 11) is 0. The zero-order valence-corrected chi connectivity index (χ0v) is 17.3. The smallest absolute Gasteiger partial charge is 0.251 e. The van der Waals surface area contributed by atoms with Gasteiger partial charge in [0.2, 0.25) is 5.91 Å². The lowest BCUT2D eigenvalue weighted by Crippen LogP contribution is -2.32. The van der Waals surface area contributed by atoms with Gasteiger partial charge in [-0.25, -0.2) is 5.43 Å². The summed E-state index contributed by atoms with van der Waals surface area (Å²) in [5.41, 5.74) is 4.44. The summed E-state index contributed by atoms with van der Waals surface area (Å²) in [5.74, 6) is -0.137. The Bertz CT molecular complexity index is 1110. The molecule has 2 amide bonds. The second-order valence-electron chi connectivity index (χ2n) is 6.78. The maximum atomic E-state index is 12.6. The molecule has 0 saturated heterocycles. The van der Waals surface area contributed by atoms with Crippen molar-refractivity contribution < 1.29 is 14.3 Å². The average molecular weight is 426 g/mol. The fraction of sp³-hybridized carbons (Fsp3) is 0.120. The van der Waals surface area contributed by atoms with E-state index in [0.29, 0.717) is 16.9 Å². The summed E-state index contributed by atoms with van der Waals surface area (Å²) >= 11 is 0. The summed E-state index contributed by atoms with van der Waals surface area (Å²) in [6.07, 6.45) is 1.46. The predicted octanol–water partition coefficient (Wildman–Crippen LogP) is 3.60. The lowest BCUT2D eigenvalue weighted by atomic mass is 10.0. The number of amides is 2. The molecule has 0 bridgehead atoms. The molecule has 0 spiro atoms. The van der Waals surface area contributed by atoms with Gasteiger partial charge in [0.25, 0.3) is 5.91 Å². The number of nitriles is 1. The molecule has 0 saturated carbocycles. The van der Waals surface area contributed by atoms with Crippen LogP contribution in [0.2, 0.25) is 0 Å². The number of para-hydroxylation sites is 1. The molecule has 1 atom stereocenters. The molecule has 0 fully saturated rings. The molecule has 3 rings (SSSR count). The maximum absolute atomic E-state index is 12.6. The minimum atomic E-state index is -0.523. The quantitative estimate of drug-likeness (QED) is 0.403. The monoisotopic (exact) mass is 426 g/mol. The number of nitrogens with zero attached hydrogens (tertiary/aromatic N) is 2. The van der Waals surface area contributed by atoms with Gasteiger partial charge in [0.15, 0.2) is 6.61 Å². The van der Waals surface area contributed by atoms with Gasteiger partial charge in [0.1, 0.15) is 11.8 Å². The Morgan fingerprint density at radius 2 is 1.62 bits per heavy atom. The average Bonchev–Trinajstić information content (AvgIpc) is 2.84. The molecule has 0 aliphatic heterocycles. The number of carbonyl (C=O) groups is 2. The molecule has 2 N–H and O–H groups in total. The number of ether oxygens (including phenoxy) is 1. The molecule has 3 aromatic carbocycles. The third-order valence-electron chi connectivity index (χ3n) is 4.54. The molecule has 0 unspecified atom stereocenters. The van der Waals surface area contributed by atoms with E-state index < -0.39 is 6.04 Å². The van der Waals surface area contributed by atoms with Crippen LogP contribution in [0.4, 0.5) is 0 Å². The van der Waals surface area contributed by atoms with Crippen LogP contribution in [0.25, 0.3) is 0 Å². The van der Waals surface area contributed by atoms with Gasteiger partial charge in [-0.2, -0.15) is 10.4 Å². The largest absolute Gasteiger partial charge is 0.478 e. The van der Waals surface area contributed by atoms with Gasteiger partial charge in [0, 0.05) is 11.1 Å². The molecule has 0 heterocycles. The highest BCUT2D eigenvalue weighted by molar-refractivity contribution is 5.94. The van der Waals surface area contributed by atoms with E-state index in [1.54, 1.807) is 48.5 Å². The second-order valence-corrected chi connectivity index (χ2v) is 6.78. The maximum Gasteiger partial charge on any atom is 0.251 e. The number of hydrogen-bond acceptors (Lipinski definition) is 5. The first-order chi connectivity index (χ1) is 15.7. The number of hydrazone groups is 1. The Labute approximate surface area is 186 Å². The summed E-state index contributed by atoms with van der Waals surface area (Å²) in [6.45, 7) is -0.0862. The second kappa shape index (κ2) is 11.7. The molecule has 0 radical (unpaired) electrons. The van der Waals surface area contributed by atoms with Gasteiger partial charge in [-0.05, 0) is 29.8 Å². The van der Waals surface area contributed by atoms with Crippen LogP contribution in [0, 0.1) is 11.3 Å². The van der Waals surface area contributed by atoms with Gasteiger partial charge < -0.3 is 10.1 Å². The van der Waals surface area contributed by atoms with Crippen molar-refractivity contribution in [1.29, 1.82) is 5.26 Å². The minimum absolute atomic E-state index is 0.00645. The molecule has 0 aromatic heterocycles. The van der Waals surface area contributed by atoms with E-state index in [1.807, 2.05) is 42.5 Å². The first-order valence-corrected chi connectivity index (χ1v) is 9.99. The van der Waals surface area contributed by atoms with E-state index in [1.165, 1.54) is 6.21 Å². The van der Waals surface area contributed by atoms with Crippen molar-refractivity contribution in [2.24, 2.45) is 5.10 Å². The SMILES string of the molecule is N#CCOc1ccccc1/C=N\NC(=O)C[C@@H](NC(=O)c1ccccc1)c1ccccc1. The first kappa shape index (κ1) is 22.2. The Hall–Kier alpha value is -4.44.